The number of esters is 1. The van der Waals surface area contributed by atoms with E-state index < -0.39 is 11.9 Å². The lowest BCUT2D eigenvalue weighted by Gasteiger charge is -2.08. The summed E-state index contributed by atoms with van der Waals surface area (Å²) in [7, 11) is 1.33. The molecule has 2 aromatic rings. The van der Waals surface area contributed by atoms with Gasteiger partial charge in [0, 0.05) is 22.0 Å². The molecule has 0 heterocycles. The van der Waals surface area contributed by atoms with Crippen LogP contribution in [0.15, 0.2) is 54.2 Å². The number of amides is 1. The molecule has 0 aliphatic heterocycles. The van der Waals surface area contributed by atoms with Crippen LogP contribution in [0, 0.1) is 21.8 Å². The van der Waals surface area contributed by atoms with Gasteiger partial charge in [-0.25, -0.2) is 4.79 Å². The summed E-state index contributed by atoms with van der Waals surface area (Å²) >= 11 is 2.20. The minimum absolute atomic E-state index is 0.0286. The molecule has 138 valence electrons. The van der Waals surface area contributed by atoms with Crippen molar-refractivity contribution in [1.29, 1.82) is 5.26 Å². The average molecular weight is 475 g/mol. The predicted molar refractivity (Wildman–Crippen MR) is 111 cm³/mol. The molecule has 0 saturated heterocycles. The van der Waals surface area contributed by atoms with Crippen LogP contribution in [-0.2, 0) is 16.1 Å². The van der Waals surface area contributed by atoms with Crippen molar-refractivity contribution in [2.45, 2.75) is 13.5 Å². The normalized spacial score (nSPS) is 10.7. The fraction of sp³-hybridized carbons (Fsp3) is 0.150. The van der Waals surface area contributed by atoms with Crippen molar-refractivity contribution >= 4 is 40.2 Å². The number of methoxy groups -OCH3 is 1. The Labute approximate surface area is 171 Å². The zero-order chi connectivity index (χ0) is 19.8. The molecule has 0 fully saturated rings. The second-order valence-corrected chi connectivity index (χ2v) is 6.90. The highest BCUT2D eigenvalue weighted by atomic mass is 127. The first-order valence-corrected chi connectivity index (χ1v) is 9.11. The third-order valence-corrected chi connectivity index (χ3v) is 4.40. The van der Waals surface area contributed by atoms with Crippen molar-refractivity contribution in [1.82, 2.24) is 5.32 Å². The molecule has 0 saturated carbocycles. The molecule has 2 N–H and O–H groups in total. The van der Waals surface area contributed by atoms with Crippen LogP contribution < -0.4 is 10.6 Å². The lowest BCUT2D eigenvalue weighted by Crippen LogP contribution is -2.17. The molecule has 0 atom stereocenters. The highest BCUT2D eigenvalue weighted by Gasteiger charge is 2.11. The van der Waals surface area contributed by atoms with Crippen molar-refractivity contribution in [3.05, 3.63) is 74.5 Å². The lowest BCUT2D eigenvalue weighted by atomic mass is 10.1. The fourth-order valence-electron chi connectivity index (χ4n) is 2.25. The van der Waals surface area contributed by atoms with E-state index in [1.54, 1.807) is 30.3 Å². The first-order valence-electron chi connectivity index (χ1n) is 8.03. The van der Waals surface area contributed by atoms with Crippen molar-refractivity contribution in [2.75, 3.05) is 12.4 Å². The van der Waals surface area contributed by atoms with Crippen molar-refractivity contribution in [3.63, 3.8) is 0 Å². The third kappa shape index (κ3) is 5.82. The maximum atomic E-state index is 12.3. The van der Waals surface area contributed by atoms with Gasteiger partial charge in [-0.1, -0.05) is 12.1 Å². The van der Waals surface area contributed by atoms with Crippen LogP contribution in [0.25, 0.3) is 0 Å². The van der Waals surface area contributed by atoms with E-state index in [0.717, 1.165) is 14.7 Å². The molecule has 0 spiro atoms. The number of halogens is 1. The van der Waals surface area contributed by atoms with Crippen LogP contribution in [0.3, 0.4) is 0 Å². The molecule has 1 amide bonds. The first kappa shape index (κ1) is 20.5. The molecular formula is C20H18IN3O3. The van der Waals surface area contributed by atoms with E-state index in [1.165, 1.54) is 13.3 Å². The Morgan fingerprint density at radius 3 is 2.52 bits per heavy atom. The van der Waals surface area contributed by atoms with Gasteiger partial charge in [0.05, 0.1) is 12.7 Å². The predicted octanol–water partition coefficient (Wildman–Crippen LogP) is 3.52. The molecule has 0 aromatic heterocycles. The van der Waals surface area contributed by atoms with Gasteiger partial charge in [0.1, 0.15) is 11.6 Å². The van der Waals surface area contributed by atoms with E-state index in [2.05, 4.69) is 38.0 Å². The van der Waals surface area contributed by atoms with E-state index in [0.29, 0.717) is 17.8 Å². The SMILES string of the molecule is COC(=O)c1ccc(CN/C=C(/C#N)C(=O)Nc2ccc(I)cc2C)cc1. The Balaban J connectivity index is 1.98. The van der Waals surface area contributed by atoms with Gasteiger partial charge < -0.3 is 15.4 Å². The summed E-state index contributed by atoms with van der Waals surface area (Å²) in [5, 5.41) is 14.9. The number of benzene rings is 2. The average Bonchev–Trinajstić information content (AvgIpc) is 2.67. The number of anilines is 1. The number of aryl methyl sites for hydroxylation is 1. The summed E-state index contributed by atoms with van der Waals surface area (Å²) < 4.78 is 5.72. The van der Waals surface area contributed by atoms with E-state index in [-0.39, 0.29) is 5.57 Å². The summed E-state index contributed by atoms with van der Waals surface area (Å²) in [6, 6.07) is 14.4. The topological polar surface area (TPSA) is 91.2 Å². The second kappa shape index (κ2) is 9.73. The van der Waals surface area contributed by atoms with E-state index in [4.69, 9.17) is 0 Å². The van der Waals surface area contributed by atoms with Crippen LogP contribution in [0.5, 0.6) is 0 Å². The molecular weight excluding hydrogens is 457 g/mol. The van der Waals surface area contributed by atoms with Crippen molar-refractivity contribution < 1.29 is 14.3 Å². The third-order valence-electron chi connectivity index (χ3n) is 3.73. The molecule has 0 unspecified atom stereocenters. The zero-order valence-corrected chi connectivity index (χ0v) is 17.0. The Kier molecular flexibility index (Phi) is 7.37. The number of nitriles is 1. The summed E-state index contributed by atoms with van der Waals surface area (Å²) in [5.74, 6) is -0.876. The molecule has 0 bridgehead atoms. The Bertz CT molecular complexity index is 915. The van der Waals surface area contributed by atoms with Gasteiger partial charge >= 0.3 is 5.97 Å². The van der Waals surface area contributed by atoms with Gasteiger partial charge in [-0.05, 0) is 71.0 Å². The van der Waals surface area contributed by atoms with Gasteiger partial charge in [0.25, 0.3) is 5.91 Å². The minimum atomic E-state index is -0.477. The van der Waals surface area contributed by atoms with Gasteiger partial charge in [-0.3, -0.25) is 4.79 Å². The molecule has 27 heavy (non-hydrogen) atoms. The zero-order valence-electron chi connectivity index (χ0n) is 14.9. The molecule has 7 heteroatoms. The van der Waals surface area contributed by atoms with E-state index >= 15 is 0 Å². The minimum Gasteiger partial charge on any atom is -0.465 e. The fourth-order valence-corrected chi connectivity index (χ4v) is 2.90. The molecule has 0 aliphatic rings. The van der Waals surface area contributed by atoms with Crippen LogP contribution in [0.4, 0.5) is 5.69 Å². The maximum Gasteiger partial charge on any atom is 0.337 e. The second-order valence-electron chi connectivity index (χ2n) is 5.65. The number of ether oxygens (including phenoxy) is 1. The monoisotopic (exact) mass is 475 g/mol. The molecule has 2 aromatic carbocycles. The Morgan fingerprint density at radius 2 is 1.93 bits per heavy atom. The summed E-state index contributed by atoms with van der Waals surface area (Å²) in [5.41, 5.74) is 2.91. The van der Waals surface area contributed by atoms with Gasteiger partial charge in [0.2, 0.25) is 0 Å². The molecule has 2 rings (SSSR count). The number of carbonyl (C=O) groups is 2. The highest BCUT2D eigenvalue weighted by Crippen LogP contribution is 2.18. The molecule has 6 nitrogen and oxygen atoms in total. The molecule has 0 radical (unpaired) electrons. The first-order chi connectivity index (χ1) is 12.9. The Morgan fingerprint density at radius 1 is 1.22 bits per heavy atom. The van der Waals surface area contributed by atoms with E-state index in [9.17, 15) is 14.9 Å². The summed E-state index contributed by atoms with van der Waals surface area (Å²) in [6.07, 6.45) is 1.38. The number of nitrogens with zero attached hydrogens (tertiary/aromatic N) is 1. The van der Waals surface area contributed by atoms with Crippen LogP contribution in [-0.4, -0.2) is 19.0 Å². The molecule has 0 aliphatic carbocycles. The summed E-state index contributed by atoms with van der Waals surface area (Å²) in [4.78, 5) is 23.7. The quantitative estimate of drug-likeness (QED) is 0.289. The number of nitrogens with one attached hydrogen (secondary N) is 2. The van der Waals surface area contributed by atoms with Gasteiger partial charge in [-0.2, -0.15) is 5.26 Å². The Hall–Kier alpha value is -2.86. The number of rotatable bonds is 6. The number of carbonyl (C=O) groups excluding carboxylic acids is 2. The number of hydrogen-bond donors (Lipinski definition) is 2. The van der Waals surface area contributed by atoms with E-state index in [1.807, 2.05) is 25.1 Å². The summed E-state index contributed by atoms with van der Waals surface area (Å²) in [6.45, 7) is 2.30. The van der Waals surface area contributed by atoms with Crippen molar-refractivity contribution in [3.8, 4) is 6.07 Å². The van der Waals surface area contributed by atoms with Crippen LogP contribution in [0.2, 0.25) is 0 Å². The van der Waals surface area contributed by atoms with Crippen LogP contribution in [0.1, 0.15) is 21.5 Å². The lowest BCUT2D eigenvalue weighted by molar-refractivity contribution is -0.112. The number of hydrogen-bond acceptors (Lipinski definition) is 5. The largest absolute Gasteiger partial charge is 0.465 e. The van der Waals surface area contributed by atoms with Gasteiger partial charge in [0.15, 0.2) is 0 Å². The van der Waals surface area contributed by atoms with Crippen LogP contribution >= 0.6 is 22.6 Å². The standard InChI is InChI=1S/C20H18IN3O3/c1-13-9-17(21)7-8-18(13)24-19(25)16(10-22)12-23-11-14-3-5-15(6-4-14)20(26)27-2/h3-9,12,23H,11H2,1-2H3,(H,24,25)/b16-12-. The smallest absolute Gasteiger partial charge is 0.337 e. The van der Waals surface area contributed by atoms with Gasteiger partial charge in [-0.15, -0.1) is 0 Å². The maximum absolute atomic E-state index is 12.3. The highest BCUT2D eigenvalue weighted by molar-refractivity contribution is 14.1. The van der Waals surface area contributed by atoms with Crippen molar-refractivity contribution in [2.24, 2.45) is 0 Å².